The Labute approximate surface area is 622 Å². The van der Waals surface area contributed by atoms with Gasteiger partial charge in [-0.25, -0.2) is 24.1 Å². The molecule has 9 rings (SSSR count). The molecule has 1 unspecified atom stereocenters. The molecule has 4 heterocycles. The van der Waals surface area contributed by atoms with Crippen LogP contribution in [-0.4, -0.2) is 174 Å². The second-order valence-corrected chi connectivity index (χ2v) is 35.3. The van der Waals surface area contributed by atoms with Crippen molar-refractivity contribution in [1.29, 1.82) is 0 Å². The first-order chi connectivity index (χ1) is 49.4. The number of amides is 8. The number of methoxy groups -OCH3 is 3. The van der Waals surface area contributed by atoms with Crippen LogP contribution in [0.4, 0.5) is 36.2 Å². The third-order valence-electron chi connectivity index (χ3n) is 19.3. The zero-order valence-electron chi connectivity index (χ0n) is 60.3. The van der Waals surface area contributed by atoms with Crippen molar-refractivity contribution in [1.82, 2.24) is 25.8 Å². The second-order valence-electron chi connectivity index (χ2n) is 28.0. The third-order valence-corrected chi connectivity index (χ3v) is 24.0. The Morgan fingerprint density at radius 2 is 1.36 bits per heavy atom. The topological polar surface area (TPSA) is 290 Å². The summed E-state index contributed by atoms with van der Waals surface area (Å²) in [5, 5.41) is 10.4. The molecule has 4 aromatic carbocycles. The van der Waals surface area contributed by atoms with Crippen molar-refractivity contribution in [2.75, 3.05) is 89.1 Å². The summed E-state index contributed by atoms with van der Waals surface area (Å²) in [6, 6.07) is 17.2. The van der Waals surface area contributed by atoms with E-state index in [0.29, 0.717) is 49.2 Å². The van der Waals surface area contributed by atoms with E-state index in [0.717, 1.165) is 24.0 Å². The van der Waals surface area contributed by atoms with Crippen molar-refractivity contribution in [3.8, 4) is 28.7 Å². The monoisotopic (exact) mass is 1510 g/mol. The first-order valence-corrected chi connectivity index (χ1v) is 38.5. The van der Waals surface area contributed by atoms with Crippen LogP contribution in [0, 0.1) is 11.3 Å². The number of ether oxygens (including phenoxy) is 9. The van der Waals surface area contributed by atoms with E-state index in [4.69, 9.17) is 81.9 Å². The van der Waals surface area contributed by atoms with Crippen LogP contribution in [0.2, 0.25) is 18.1 Å². The van der Waals surface area contributed by atoms with Gasteiger partial charge in [-0.2, -0.15) is 0 Å². The molecule has 5 aliphatic rings. The Hall–Kier alpha value is -8.89. The highest BCUT2D eigenvalue weighted by Crippen LogP contribution is 2.58. The first kappa shape index (κ1) is 79.2. The maximum absolute atomic E-state index is 15.4. The zero-order valence-corrected chi connectivity index (χ0v) is 63.6. The number of alkyl halides is 3. The van der Waals surface area contributed by atoms with E-state index in [9.17, 15) is 28.8 Å². The SMILES string of the molecule is C=CCOC(=O)N[C@H](C(=O)N[C@@H](CCCCNC(=O)OCC(Cl)(Cl)Cl)C(=O)Nc1ccc(COC(=O)N2c3cc(OCCCOc4cc5c(cc4OC)C(=O)N4C=C(c6ccc(OC)cc6)C[C@H]4CN5C(=O)OCC=C)c(OC)cc3C(=O)N3CC4(CC4)C[C@H]3C2O[Si](C)(C)C(C)(C)C)cc1)C(C)C. The van der Waals surface area contributed by atoms with E-state index in [2.05, 4.69) is 68.3 Å². The number of nitrogens with zero attached hydrogens (tertiary/aromatic N) is 4. The molecule has 2 fully saturated rings. The maximum Gasteiger partial charge on any atom is 0.416 e. The van der Waals surface area contributed by atoms with Gasteiger partial charge in [0.15, 0.2) is 37.5 Å². The summed E-state index contributed by atoms with van der Waals surface area (Å²) in [4.78, 5) is 118. The van der Waals surface area contributed by atoms with Gasteiger partial charge in [0.25, 0.3) is 11.8 Å². The molecule has 0 aromatic heterocycles. The molecule has 4 aromatic rings. The molecule has 0 bridgehead atoms. The predicted octanol–water partition coefficient (Wildman–Crippen LogP) is 13.1. The fourth-order valence-electron chi connectivity index (χ4n) is 12.5. The quantitative estimate of drug-likeness (QED) is 0.0124. The molecule has 5 atom stereocenters. The highest BCUT2D eigenvalue weighted by molar-refractivity contribution is 6.74. The van der Waals surface area contributed by atoms with Gasteiger partial charge in [0.05, 0.1) is 75.7 Å². The van der Waals surface area contributed by atoms with Crippen LogP contribution >= 0.6 is 34.8 Å². The Morgan fingerprint density at radius 3 is 1.95 bits per heavy atom. The summed E-state index contributed by atoms with van der Waals surface area (Å²) in [6.07, 6.45) is 4.45. The van der Waals surface area contributed by atoms with Gasteiger partial charge in [-0.1, -0.05) is 119 Å². The number of halogens is 3. The van der Waals surface area contributed by atoms with Crippen molar-refractivity contribution in [3.05, 3.63) is 127 Å². The number of carbonyl (C=O) groups excluding carboxylic acids is 8. The lowest BCUT2D eigenvalue weighted by Crippen LogP contribution is -2.58. The van der Waals surface area contributed by atoms with E-state index in [1.807, 2.05) is 35.4 Å². The van der Waals surface area contributed by atoms with Gasteiger partial charge >= 0.3 is 24.4 Å². The number of anilines is 3. The lowest BCUT2D eigenvalue weighted by Gasteiger charge is -2.44. The molecule has 8 amide bonds. The van der Waals surface area contributed by atoms with Crippen LogP contribution in [0.1, 0.15) is 118 Å². The lowest BCUT2D eigenvalue weighted by molar-refractivity contribution is -0.128. The molecule has 30 heteroatoms. The fourth-order valence-corrected chi connectivity index (χ4v) is 13.8. The summed E-state index contributed by atoms with van der Waals surface area (Å²) in [6.45, 7) is 21.1. The van der Waals surface area contributed by atoms with Gasteiger partial charge < -0.3 is 78.1 Å². The van der Waals surface area contributed by atoms with Gasteiger partial charge in [0.1, 0.15) is 44.3 Å². The molecule has 104 heavy (non-hydrogen) atoms. The van der Waals surface area contributed by atoms with Crippen molar-refractivity contribution in [2.45, 2.75) is 145 Å². The molecular formula is C74H93Cl3N8O18Si. The van der Waals surface area contributed by atoms with Crippen molar-refractivity contribution in [2.24, 2.45) is 11.3 Å². The lowest BCUT2D eigenvalue weighted by atomic mass is 10.0. The minimum atomic E-state index is -2.78. The van der Waals surface area contributed by atoms with Gasteiger partial charge in [0.2, 0.25) is 15.6 Å². The summed E-state index contributed by atoms with van der Waals surface area (Å²) in [7, 11) is 1.73. The number of carbonyl (C=O) groups is 8. The molecule has 0 radical (unpaired) electrons. The average molecular weight is 1520 g/mol. The highest BCUT2D eigenvalue weighted by atomic mass is 35.6. The van der Waals surface area contributed by atoms with Gasteiger partial charge in [-0.3, -0.25) is 24.1 Å². The van der Waals surface area contributed by atoms with E-state index in [1.165, 1.54) is 36.2 Å². The number of benzene rings is 4. The van der Waals surface area contributed by atoms with Crippen molar-refractivity contribution < 1.29 is 85.4 Å². The minimum absolute atomic E-state index is 0.0380. The molecule has 562 valence electrons. The van der Waals surface area contributed by atoms with Crippen molar-refractivity contribution in [3.63, 3.8) is 0 Å². The normalized spacial score (nSPS) is 17.8. The first-order valence-electron chi connectivity index (χ1n) is 34.5. The Kier molecular flexibility index (Phi) is 26.2. The highest BCUT2D eigenvalue weighted by Gasteiger charge is 2.60. The van der Waals surface area contributed by atoms with E-state index in [1.54, 1.807) is 74.4 Å². The van der Waals surface area contributed by atoms with Crippen LogP contribution < -0.4 is 54.8 Å². The molecule has 1 saturated heterocycles. The van der Waals surface area contributed by atoms with E-state index >= 15 is 9.59 Å². The number of unbranched alkanes of at least 4 members (excludes halogenated alkanes) is 1. The van der Waals surface area contributed by atoms with Gasteiger partial charge in [-0.05, 0) is 128 Å². The summed E-state index contributed by atoms with van der Waals surface area (Å²) < 4.78 is 57.4. The largest absolute Gasteiger partial charge is 0.497 e. The van der Waals surface area contributed by atoms with Crippen LogP contribution in [0.5, 0.6) is 28.7 Å². The molecule has 4 N–H and O–H groups in total. The molecule has 26 nitrogen and oxygen atoms in total. The standard InChI is InChI=1S/C74H93Cl3N8O18Si/c1-13-30-99-69(91)81-62(45(3)4)64(87)80-54(18-15-16-29-78-68(90)102-44-74(75,76)77)63(86)79-49-23-19-46(20-24-49)42-101-71(93)85-56-38-61(59(96-10)36-53(56)66(89)84-43-73(27-28-73)39-57(84)67(85)103-104(11,12)72(5,6)7)98-33-17-32-97-60-37-55-52(35-58(60)95-9)65(88)82-40-48(47-21-25-51(94-8)26-22-47)34-50(82)41-83(55)70(92)100-31-14-2/h13-14,19-26,35-38,40,45,50,54,57,62,67H,1-2,15-18,27-34,39,41-44H2,3-12H3,(H,78,90)(H,79,86)(H,80,87)(H,81,91)/t50-,54-,57-,62-,67?/m0/s1. The van der Waals surface area contributed by atoms with Crippen LogP contribution in [0.3, 0.4) is 0 Å². The molecule has 4 aliphatic heterocycles. The Balaban J connectivity index is 0.932. The number of hydrogen-bond acceptors (Lipinski definition) is 18. The van der Waals surface area contributed by atoms with Crippen LogP contribution in [-0.2, 0) is 39.6 Å². The summed E-state index contributed by atoms with van der Waals surface area (Å²) in [5.74, 6) is -0.686. The minimum Gasteiger partial charge on any atom is -0.497 e. The van der Waals surface area contributed by atoms with Crippen LogP contribution in [0.25, 0.3) is 5.57 Å². The zero-order chi connectivity index (χ0) is 75.4. The molecule has 1 spiro atoms. The second kappa shape index (κ2) is 34.4. The molecular weight excluding hydrogens is 1420 g/mol. The maximum atomic E-state index is 15.4. The fraction of sp³-hybridized carbons (Fsp3) is 0.486. The van der Waals surface area contributed by atoms with E-state index in [-0.39, 0.29) is 127 Å². The van der Waals surface area contributed by atoms with Gasteiger partial charge in [-0.15, -0.1) is 0 Å². The molecule has 1 aliphatic carbocycles. The van der Waals surface area contributed by atoms with Gasteiger partial charge in [0, 0.05) is 43.5 Å². The van der Waals surface area contributed by atoms with E-state index < -0.39 is 91.2 Å². The smallest absolute Gasteiger partial charge is 0.416 e. The molecule has 1 saturated carbocycles. The van der Waals surface area contributed by atoms with Crippen molar-refractivity contribution >= 4 is 114 Å². The summed E-state index contributed by atoms with van der Waals surface area (Å²) >= 11 is 17.1. The number of nitrogens with one attached hydrogen (secondary N) is 4. The number of hydrogen-bond donors (Lipinski definition) is 4. The average Bonchev–Trinajstić information content (AvgIpc) is 1.56. The Bertz CT molecular complexity index is 3860. The summed E-state index contributed by atoms with van der Waals surface area (Å²) in [5.41, 5.74) is 3.38. The number of rotatable bonds is 30. The number of alkyl carbamates (subject to hydrolysis) is 2. The Morgan fingerprint density at radius 1 is 0.721 bits per heavy atom. The van der Waals surface area contributed by atoms with Crippen LogP contribution in [0.15, 0.2) is 104 Å². The predicted molar refractivity (Wildman–Crippen MR) is 396 cm³/mol. The third kappa shape index (κ3) is 19.5. The number of fused-ring (bicyclic) bond motifs is 4.